The maximum atomic E-state index is 11.4. The number of ether oxygens (including phenoxy) is 3. The number of hydrogen-bond donors (Lipinski definition) is 0. The van der Waals surface area contributed by atoms with E-state index in [9.17, 15) is 4.79 Å². The van der Waals surface area contributed by atoms with Crippen LogP contribution in [0.3, 0.4) is 0 Å². The largest absolute Gasteiger partial charge is 0.381 e. The lowest BCUT2D eigenvalue weighted by molar-refractivity contribution is -0.127. The molecule has 3 atom stereocenters. The molecular formula is C8H12O4. The summed E-state index contributed by atoms with van der Waals surface area (Å²) in [5.74, 6) is 0.112. The molecule has 0 bridgehead atoms. The van der Waals surface area contributed by atoms with Crippen molar-refractivity contribution in [3.05, 3.63) is 0 Å². The third-order valence-electron chi connectivity index (χ3n) is 2.60. The SMILES string of the molecule is COCC12OC1C(OC)CC2=O. The highest BCUT2D eigenvalue weighted by atomic mass is 16.7. The number of hydrogen-bond acceptors (Lipinski definition) is 4. The molecule has 12 heavy (non-hydrogen) atoms. The summed E-state index contributed by atoms with van der Waals surface area (Å²) in [6.07, 6.45) is 0.340. The van der Waals surface area contributed by atoms with E-state index in [0.29, 0.717) is 13.0 Å². The highest BCUT2D eigenvalue weighted by molar-refractivity contribution is 5.94. The smallest absolute Gasteiger partial charge is 0.178 e. The van der Waals surface area contributed by atoms with Gasteiger partial charge in [0.2, 0.25) is 0 Å². The van der Waals surface area contributed by atoms with Gasteiger partial charge in [-0.2, -0.15) is 0 Å². The zero-order valence-corrected chi connectivity index (χ0v) is 7.20. The van der Waals surface area contributed by atoms with Crippen LogP contribution in [0.5, 0.6) is 0 Å². The third kappa shape index (κ3) is 0.856. The van der Waals surface area contributed by atoms with Gasteiger partial charge < -0.3 is 14.2 Å². The van der Waals surface area contributed by atoms with Crippen molar-refractivity contribution in [3.8, 4) is 0 Å². The van der Waals surface area contributed by atoms with E-state index >= 15 is 0 Å². The summed E-state index contributed by atoms with van der Waals surface area (Å²) < 4.78 is 15.3. The monoisotopic (exact) mass is 172 g/mol. The molecule has 1 saturated heterocycles. The van der Waals surface area contributed by atoms with E-state index in [1.165, 1.54) is 0 Å². The quantitative estimate of drug-likeness (QED) is 0.551. The van der Waals surface area contributed by atoms with E-state index < -0.39 is 5.60 Å². The average Bonchev–Trinajstić information content (AvgIpc) is 2.71. The first-order chi connectivity index (χ1) is 5.74. The molecule has 0 radical (unpaired) electrons. The molecular weight excluding hydrogens is 160 g/mol. The topological polar surface area (TPSA) is 48.1 Å². The predicted molar refractivity (Wildman–Crippen MR) is 39.9 cm³/mol. The number of epoxide rings is 1. The minimum absolute atomic E-state index is 0.0602. The van der Waals surface area contributed by atoms with Crippen LogP contribution in [-0.2, 0) is 19.0 Å². The molecule has 0 amide bonds. The van der Waals surface area contributed by atoms with Crippen molar-refractivity contribution in [2.24, 2.45) is 0 Å². The van der Waals surface area contributed by atoms with E-state index in [1.807, 2.05) is 0 Å². The Hall–Kier alpha value is -0.450. The van der Waals surface area contributed by atoms with Gasteiger partial charge in [0.1, 0.15) is 6.10 Å². The maximum absolute atomic E-state index is 11.4. The molecule has 0 spiro atoms. The van der Waals surface area contributed by atoms with Gasteiger partial charge in [-0.1, -0.05) is 0 Å². The third-order valence-corrected chi connectivity index (χ3v) is 2.60. The van der Waals surface area contributed by atoms with Gasteiger partial charge >= 0.3 is 0 Å². The number of Topliss-reactive ketones (excluding diaryl/α,β-unsaturated/α-hetero) is 1. The second-order valence-corrected chi connectivity index (χ2v) is 3.26. The highest BCUT2D eigenvalue weighted by Gasteiger charge is 2.70. The summed E-state index contributed by atoms with van der Waals surface area (Å²) in [4.78, 5) is 11.4. The summed E-state index contributed by atoms with van der Waals surface area (Å²) >= 11 is 0. The van der Waals surface area contributed by atoms with Crippen LogP contribution in [-0.4, -0.2) is 44.4 Å². The molecule has 4 nitrogen and oxygen atoms in total. The minimum Gasteiger partial charge on any atom is -0.381 e. The Balaban J connectivity index is 2.09. The second-order valence-electron chi connectivity index (χ2n) is 3.26. The van der Waals surface area contributed by atoms with Gasteiger partial charge in [-0.3, -0.25) is 4.79 Å². The second kappa shape index (κ2) is 2.52. The van der Waals surface area contributed by atoms with Crippen molar-refractivity contribution < 1.29 is 19.0 Å². The molecule has 68 valence electrons. The van der Waals surface area contributed by atoms with Crippen molar-refractivity contribution in [2.75, 3.05) is 20.8 Å². The van der Waals surface area contributed by atoms with Crippen LogP contribution in [0.2, 0.25) is 0 Å². The molecule has 1 aliphatic heterocycles. The number of carbonyl (C=O) groups is 1. The van der Waals surface area contributed by atoms with Crippen LogP contribution >= 0.6 is 0 Å². The minimum atomic E-state index is -0.643. The Morgan fingerprint density at radius 2 is 2.42 bits per heavy atom. The Morgan fingerprint density at radius 1 is 1.67 bits per heavy atom. The molecule has 2 aliphatic rings. The van der Waals surface area contributed by atoms with Gasteiger partial charge in [0.15, 0.2) is 11.4 Å². The summed E-state index contributed by atoms with van der Waals surface area (Å²) in [7, 11) is 3.17. The number of rotatable bonds is 3. The summed E-state index contributed by atoms with van der Waals surface area (Å²) in [6, 6.07) is 0. The molecule has 1 heterocycles. The van der Waals surface area contributed by atoms with Crippen molar-refractivity contribution in [1.82, 2.24) is 0 Å². The van der Waals surface area contributed by atoms with Crippen LogP contribution in [0, 0.1) is 0 Å². The Bertz CT molecular complexity index is 215. The van der Waals surface area contributed by atoms with Gasteiger partial charge in [0.25, 0.3) is 0 Å². The fourth-order valence-electron chi connectivity index (χ4n) is 1.87. The van der Waals surface area contributed by atoms with Gasteiger partial charge in [0, 0.05) is 20.6 Å². The van der Waals surface area contributed by atoms with Crippen molar-refractivity contribution in [2.45, 2.75) is 24.2 Å². The van der Waals surface area contributed by atoms with Gasteiger partial charge in [-0.25, -0.2) is 0 Å². The number of carbonyl (C=O) groups excluding carboxylic acids is 1. The number of fused-ring (bicyclic) bond motifs is 1. The normalized spacial score (nSPS) is 44.7. The Labute approximate surface area is 70.8 Å². The lowest BCUT2D eigenvalue weighted by atomic mass is 10.1. The van der Waals surface area contributed by atoms with Gasteiger partial charge in [0.05, 0.1) is 12.7 Å². The molecule has 3 unspecified atom stereocenters. The molecule has 1 aliphatic carbocycles. The predicted octanol–water partition coefficient (Wildman–Crippen LogP) is -0.242. The maximum Gasteiger partial charge on any atom is 0.178 e. The molecule has 1 saturated carbocycles. The average molecular weight is 172 g/mol. The standard InChI is InChI=1S/C8H12O4/c1-10-4-8-6(9)3-5(11-2)7(8)12-8/h5,7H,3-4H2,1-2H3. The first-order valence-electron chi connectivity index (χ1n) is 3.97. The molecule has 0 aromatic carbocycles. The molecule has 2 fully saturated rings. The van der Waals surface area contributed by atoms with E-state index in [4.69, 9.17) is 14.2 Å². The van der Waals surface area contributed by atoms with E-state index in [2.05, 4.69) is 0 Å². The van der Waals surface area contributed by atoms with Crippen LogP contribution in [0.25, 0.3) is 0 Å². The summed E-state index contributed by atoms with van der Waals surface area (Å²) in [5, 5.41) is 0. The van der Waals surface area contributed by atoms with Crippen LogP contribution in [0.1, 0.15) is 6.42 Å². The fourth-order valence-corrected chi connectivity index (χ4v) is 1.87. The fraction of sp³-hybridized carbons (Fsp3) is 0.875. The van der Waals surface area contributed by atoms with Gasteiger partial charge in [-0.05, 0) is 0 Å². The number of ketones is 1. The molecule has 0 N–H and O–H groups in total. The van der Waals surface area contributed by atoms with E-state index in [-0.39, 0.29) is 18.0 Å². The van der Waals surface area contributed by atoms with Crippen molar-refractivity contribution >= 4 is 5.78 Å². The molecule has 0 aromatic rings. The molecule has 0 aromatic heterocycles. The Kier molecular flexibility index (Phi) is 1.71. The molecule has 4 heteroatoms. The molecule has 2 rings (SSSR count). The zero-order valence-electron chi connectivity index (χ0n) is 7.20. The van der Waals surface area contributed by atoms with Crippen molar-refractivity contribution in [1.29, 1.82) is 0 Å². The first kappa shape index (κ1) is 8.16. The van der Waals surface area contributed by atoms with Crippen LogP contribution in [0.15, 0.2) is 0 Å². The van der Waals surface area contributed by atoms with Crippen LogP contribution < -0.4 is 0 Å². The first-order valence-corrected chi connectivity index (χ1v) is 3.97. The lowest BCUT2D eigenvalue weighted by Crippen LogP contribution is -2.27. The number of methoxy groups -OCH3 is 2. The van der Waals surface area contributed by atoms with Gasteiger partial charge in [-0.15, -0.1) is 0 Å². The lowest BCUT2D eigenvalue weighted by Gasteiger charge is -2.05. The summed E-state index contributed by atoms with van der Waals surface area (Å²) in [6.45, 7) is 0.357. The van der Waals surface area contributed by atoms with E-state index in [0.717, 1.165) is 0 Å². The summed E-state index contributed by atoms with van der Waals surface area (Å²) in [5.41, 5.74) is -0.643. The van der Waals surface area contributed by atoms with E-state index in [1.54, 1.807) is 14.2 Å². The van der Waals surface area contributed by atoms with Crippen LogP contribution in [0.4, 0.5) is 0 Å². The highest BCUT2D eigenvalue weighted by Crippen LogP contribution is 2.48. The Morgan fingerprint density at radius 3 is 2.83 bits per heavy atom. The van der Waals surface area contributed by atoms with Crippen molar-refractivity contribution in [3.63, 3.8) is 0 Å². The zero-order chi connectivity index (χ0) is 8.77.